The molecule has 4 rings (SSSR count). The van der Waals surface area contributed by atoms with E-state index >= 15 is 0 Å². The highest BCUT2D eigenvalue weighted by Gasteiger charge is 2.39. The number of tetrazole rings is 1. The summed E-state index contributed by atoms with van der Waals surface area (Å²) >= 11 is 0. The molecule has 0 saturated heterocycles. The van der Waals surface area contributed by atoms with E-state index in [0.29, 0.717) is 12.2 Å². The molecule has 0 spiro atoms. The van der Waals surface area contributed by atoms with E-state index < -0.39 is 0 Å². The summed E-state index contributed by atoms with van der Waals surface area (Å²) in [5.74, 6) is 0.424. The molecule has 1 saturated carbocycles. The molecule has 31 heavy (non-hydrogen) atoms. The first kappa shape index (κ1) is 21.0. The smallest absolute Gasteiger partial charge is 0.338 e. The summed E-state index contributed by atoms with van der Waals surface area (Å²) in [7, 11) is 0. The largest absolute Gasteiger partial charge is 0.462 e. The van der Waals surface area contributed by atoms with Gasteiger partial charge in [0.1, 0.15) is 0 Å². The third-order valence-electron chi connectivity index (χ3n) is 5.96. The monoisotopic (exact) mass is 419 g/mol. The van der Waals surface area contributed by atoms with E-state index in [4.69, 9.17) is 4.74 Å². The number of aromatic nitrogens is 4. The molecule has 7 heteroatoms. The molecule has 0 aliphatic heterocycles. The average molecular weight is 420 g/mol. The van der Waals surface area contributed by atoms with Crippen LogP contribution in [0.15, 0.2) is 42.5 Å². The fourth-order valence-corrected chi connectivity index (χ4v) is 4.41. The highest BCUT2D eigenvalue weighted by Crippen LogP contribution is 2.40. The Balaban J connectivity index is 1.75. The van der Waals surface area contributed by atoms with Crippen molar-refractivity contribution in [2.75, 3.05) is 11.9 Å². The van der Waals surface area contributed by atoms with E-state index in [9.17, 15) is 4.79 Å². The van der Waals surface area contributed by atoms with Gasteiger partial charge in [-0.05, 0) is 73.9 Å². The summed E-state index contributed by atoms with van der Waals surface area (Å²) in [6.07, 6.45) is 5.30. The van der Waals surface area contributed by atoms with Crippen LogP contribution in [0.3, 0.4) is 0 Å². The molecule has 7 nitrogen and oxygen atoms in total. The maximum atomic E-state index is 12.2. The average Bonchev–Trinajstić information content (AvgIpc) is 3.28. The van der Waals surface area contributed by atoms with E-state index in [2.05, 4.69) is 52.9 Å². The molecule has 0 atom stereocenters. The van der Waals surface area contributed by atoms with E-state index in [-0.39, 0.29) is 11.5 Å². The minimum Gasteiger partial charge on any atom is -0.462 e. The maximum absolute atomic E-state index is 12.2. The van der Waals surface area contributed by atoms with Crippen LogP contribution in [-0.2, 0) is 10.3 Å². The predicted molar refractivity (Wildman–Crippen MR) is 119 cm³/mol. The summed E-state index contributed by atoms with van der Waals surface area (Å²) in [5.41, 5.74) is 4.40. The van der Waals surface area contributed by atoms with Crippen LogP contribution in [0.25, 0.3) is 5.69 Å². The van der Waals surface area contributed by atoms with Crippen molar-refractivity contribution in [1.82, 2.24) is 20.2 Å². The highest BCUT2D eigenvalue weighted by molar-refractivity contribution is 5.90. The Morgan fingerprint density at radius 2 is 1.94 bits per heavy atom. The Kier molecular flexibility index (Phi) is 6.02. The van der Waals surface area contributed by atoms with Crippen molar-refractivity contribution in [3.63, 3.8) is 0 Å². The van der Waals surface area contributed by atoms with Crippen LogP contribution in [0, 0.1) is 13.8 Å². The molecule has 1 aromatic heterocycles. The summed E-state index contributed by atoms with van der Waals surface area (Å²) in [5, 5.41) is 16.6. The number of esters is 1. The SMILES string of the molecule is CCOC(=O)c1cccc(-n2nnnc2C2(Nc3ccc(C)cc3C)CCCCC2)c1. The molecular formula is C24H29N5O2. The lowest BCUT2D eigenvalue weighted by Crippen LogP contribution is -2.40. The molecule has 1 heterocycles. The van der Waals surface area contributed by atoms with Crippen LogP contribution in [0.1, 0.15) is 66.3 Å². The Bertz CT molecular complexity index is 1070. The Labute approximate surface area is 182 Å². The molecule has 1 N–H and O–H groups in total. The molecule has 1 aliphatic carbocycles. The lowest BCUT2D eigenvalue weighted by Gasteiger charge is -2.38. The van der Waals surface area contributed by atoms with Gasteiger partial charge >= 0.3 is 5.97 Å². The third kappa shape index (κ3) is 4.31. The molecule has 0 radical (unpaired) electrons. The number of anilines is 1. The van der Waals surface area contributed by atoms with E-state index in [1.54, 1.807) is 23.7 Å². The molecule has 162 valence electrons. The summed E-state index contributed by atoms with van der Waals surface area (Å²) < 4.78 is 6.91. The topological polar surface area (TPSA) is 81.9 Å². The standard InChI is InChI=1S/C24H29N5O2/c1-4-31-22(30)19-9-8-10-20(16-19)29-23(26-27-28-29)24(13-6-5-7-14-24)25-21-12-11-17(2)15-18(21)3/h8-12,15-16,25H,4-7,13-14H2,1-3H3. The van der Waals surface area contributed by atoms with E-state index in [1.165, 1.54) is 17.5 Å². The second-order valence-corrected chi connectivity index (χ2v) is 8.27. The predicted octanol–water partition coefficient (Wildman–Crippen LogP) is 4.73. The Morgan fingerprint density at radius 3 is 2.68 bits per heavy atom. The van der Waals surface area contributed by atoms with Crippen LogP contribution in [0.2, 0.25) is 0 Å². The lowest BCUT2D eigenvalue weighted by molar-refractivity contribution is 0.0526. The van der Waals surface area contributed by atoms with Crippen LogP contribution in [0.4, 0.5) is 5.69 Å². The van der Waals surface area contributed by atoms with E-state index in [1.807, 2.05) is 12.1 Å². The summed E-state index contributed by atoms with van der Waals surface area (Å²) in [4.78, 5) is 12.2. The summed E-state index contributed by atoms with van der Waals surface area (Å²) in [6, 6.07) is 13.7. The number of nitrogens with one attached hydrogen (secondary N) is 1. The summed E-state index contributed by atoms with van der Waals surface area (Å²) in [6.45, 7) is 6.36. The number of benzene rings is 2. The van der Waals surface area contributed by atoms with Crippen LogP contribution in [0.5, 0.6) is 0 Å². The minimum absolute atomic E-state index is 0.335. The number of carbonyl (C=O) groups is 1. The van der Waals surface area contributed by atoms with Crippen molar-refractivity contribution in [1.29, 1.82) is 0 Å². The maximum Gasteiger partial charge on any atom is 0.338 e. The number of carbonyl (C=O) groups excluding carboxylic acids is 1. The van der Waals surface area contributed by atoms with Gasteiger partial charge < -0.3 is 10.1 Å². The first-order valence-corrected chi connectivity index (χ1v) is 10.9. The minimum atomic E-state index is -0.373. The number of hydrogen-bond donors (Lipinski definition) is 1. The van der Waals surface area contributed by atoms with Gasteiger partial charge in [-0.1, -0.05) is 43.0 Å². The van der Waals surface area contributed by atoms with Crippen LogP contribution >= 0.6 is 0 Å². The number of nitrogens with zero attached hydrogens (tertiary/aromatic N) is 4. The fraction of sp³-hybridized carbons (Fsp3) is 0.417. The van der Waals surface area contributed by atoms with Crippen molar-refractivity contribution < 1.29 is 9.53 Å². The van der Waals surface area contributed by atoms with Crippen molar-refractivity contribution in [3.05, 3.63) is 65.0 Å². The number of rotatable bonds is 6. The van der Waals surface area contributed by atoms with Crippen LogP contribution < -0.4 is 5.32 Å². The second kappa shape index (κ2) is 8.88. The van der Waals surface area contributed by atoms with Gasteiger partial charge in [-0.2, -0.15) is 4.68 Å². The van der Waals surface area contributed by atoms with Gasteiger partial charge in [0.25, 0.3) is 0 Å². The van der Waals surface area contributed by atoms with Gasteiger partial charge in [-0.3, -0.25) is 0 Å². The lowest BCUT2D eigenvalue weighted by atomic mass is 9.80. The molecule has 1 aliphatic rings. The zero-order chi connectivity index (χ0) is 21.8. The molecule has 2 aromatic carbocycles. The van der Waals surface area contributed by atoms with Crippen molar-refractivity contribution in [2.45, 2.75) is 58.4 Å². The normalized spacial score (nSPS) is 15.5. The Morgan fingerprint density at radius 1 is 1.13 bits per heavy atom. The van der Waals surface area contributed by atoms with Crippen LogP contribution in [-0.4, -0.2) is 32.8 Å². The van der Waals surface area contributed by atoms with Gasteiger partial charge in [-0.15, -0.1) is 5.10 Å². The second-order valence-electron chi connectivity index (χ2n) is 8.27. The zero-order valence-electron chi connectivity index (χ0n) is 18.4. The van der Waals surface area contributed by atoms with Crippen molar-refractivity contribution >= 4 is 11.7 Å². The van der Waals surface area contributed by atoms with Gasteiger partial charge in [0.15, 0.2) is 5.82 Å². The Hall–Kier alpha value is -3.22. The molecular weight excluding hydrogens is 390 g/mol. The third-order valence-corrected chi connectivity index (χ3v) is 5.96. The van der Waals surface area contributed by atoms with Crippen molar-refractivity contribution in [3.8, 4) is 5.69 Å². The highest BCUT2D eigenvalue weighted by atomic mass is 16.5. The molecule has 0 bridgehead atoms. The van der Waals surface area contributed by atoms with Gasteiger partial charge in [0.2, 0.25) is 0 Å². The molecule has 0 amide bonds. The van der Waals surface area contributed by atoms with Gasteiger partial charge in [-0.25, -0.2) is 4.79 Å². The van der Waals surface area contributed by atoms with Gasteiger partial charge in [0.05, 0.1) is 23.4 Å². The molecule has 3 aromatic rings. The first-order chi connectivity index (χ1) is 15.0. The molecule has 1 fully saturated rings. The van der Waals surface area contributed by atoms with Crippen molar-refractivity contribution in [2.24, 2.45) is 0 Å². The zero-order valence-corrected chi connectivity index (χ0v) is 18.4. The van der Waals surface area contributed by atoms with E-state index in [0.717, 1.165) is 42.9 Å². The fourth-order valence-electron chi connectivity index (χ4n) is 4.41. The number of aryl methyl sites for hydroxylation is 2. The molecule has 0 unspecified atom stereocenters. The first-order valence-electron chi connectivity index (χ1n) is 10.9. The number of ether oxygens (including phenoxy) is 1. The number of hydrogen-bond acceptors (Lipinski definition) is 6. The quantitative estimate of drug-likeness (QED) is 0.582. The van der Waals surface area contributed by atoms with Gasteiger partial charge in [0, 0.05) is 5.69 Å².